The van der Waals surface area contributed by atoms with Crippen molar-refractivity contribution in [3.8, 4) is 5.75 Å². The van der Waals surface area contributed by atoms with Crippen LogP contribution >= 0.6 is 0 Å². The Balaban J connectivity index is 1.39. The van der Waals surface area contributed by atoms with Crippen LogP contribution in [-0.4, -0.2) is 35.0 Å². The van der Waals surface area contributed by atoms with Crippen molar-refractivity contribution in [2.75, 3.05) is 7.11 Å². The number of nitrogens with zero attached hydrogens (tertiary/aromatic N) is 3. The molecule has 9 heteroatoms. The van der Waals surface area contributed by atoms with E-state index < -0.39 is 5.91 Å². The Bertz CT molecular complexity index is 1510. The lowest BCUT2D eigenvalue weighted by atomic mass is 10.1. The van der Waals surface area contributed by atoms with Gasteiger partial charge in [0.1, 0.15) is 12.4 Å². The van der Waals surface area contributed by atoms with Gasteiger partial charge in [-0.25, -0.2) is 14.9 Å². The Morgan fingerprint density at radius 3 is 2.32 bits per heavy atom. The molecule has 0 aliphatic rings. The van der Waals surface area contributed by atoms with E-state index in [4.69, 9.17) is 9.47 Å². The molecule has 1 heterocycles. The number of fused-ring (bicyclic) bond motifs is 1. The molecule has 0 atom stereocenters. The van der Waals surface area contributed by atoms with E-state index in [2.05, 4.69) is 15.6 Å². The minimum Gasteiger partial charge on any atom is -0.489 e. The number of carbonyl (C=O) groups excluding carboxylic acids is 2. The third-order valence-corrected chi connectivity index (χ3v) is 5.57. The summed E-state index contributed by atoms with van der Waals surface area (Å²) in [5, 5.41) is 9.22. The van der Waals surface area contributed by atoms with Gasteiger partial charge in [0.25, 0.3) is 11.5 Å². The molecule has 1 amide bonds. The second-order valence-corrected chi connectivity index (χ2v) is 8.48. The number of aromatic nitrogens is 2. The van der Waals surface area contributed by atoms with Gasteiger partial charge in [0.2, 0.25) is 0 Å². The summed E-state index contributed by atoms with van der Waals surface area (Å²) in [5.74, 6) is -0.241. The lowest BCUT2D eigenvalue weighted by Gasteiger charge is -2.12. The fourth-order valence-electron chi connectivity index (χ4n) is 3.61. The number of nitrogens with one attached hydrogen (secondary N) is 1. The zero-order chi connectivity index (χ0) is 26.4. The summed E-state index contributed by atoms with van der Waals surface area (Å²) < 4.78 is 11.8. The monoisotopic (exact) mass is 498 g/mol. The molecule has 4 rings (SSSR count). The summed E-state index contributed by atoms with van der Waals surface area (Å²) in [4.78, 5) is 37.0. The number of methoxy groups -OCH3 is 1. The van der Waals surface area contributed by atoms with Gasteiger partial charge < -0.3 is 9.47 Å². The topological polar surface area (TPSA) is 112 Å². The molecular weight excluding hydrogens is 472 g/mol. The summed E-state index contributed by atoms with van der Waals surface area (Å²) >= 11 is 0. The van der Waals surface area contributed by atoms with E-state index in [0.29, 0.717) is 28.7 Å². The van der Waals surface area contributed by atoms with E-state index in [9.17, 15) is 14.4 Å². The number of amides is 1. The quantitative estimate of drug-likeness (QED) is 0.222. The first-order valence-electron chi connectivity index (χ1n) is 11.6. The summed E-state index contributed by atoms with van der Waals surface area (Å²) in [5.41, 5.74) is 4.51. The molecule has 3 aromatic carbocycles. The maximum absolute atomic E-state index is 12.8. The van der Waals surface area contributed by atoms with E-state index in [1.54, 1.807) is 72.8 Å². The zero-order valence-corrected chi connectivity index (χ0v) is 20.7. The van der Waals surface area contributed by atoms with E-state index in [1.807, 2.05) is 13.8 Å². The van der Waals surface area contributed by atoms with Crippen molar-refractivity contribution in [1.82, 2.24) is 15.2 Å². The molecule has 0 saturated carbocycles. The number of carbonyl (C=O) groups is 2. The van der Waals surface area contributed by atoms with Gasteiger partial charge >= 0.3 is 5.97 Å². The molecule has 1 aromatic heterocycles. The molecule has 0 spiro atoms. The summed E-state index contributed by atoms with van der Waals surface area (Å²) in [6.45, 7) is 4.00. The molecule has 188 valence electrons. The highest BCUT2D eigenvalue weighted by molar-refractivity contribution is 6.05. The van der Waals surface area contributed by atoms with Gasteiger partial charge in [-0.05, 0) is 67.4 Å². The first-order valence-corrected chi connectivity index (χ1v) is 11.6. The van der Waals surface area contributed by atoms with Crippen LogP contribution in [0.25, 0.3) is 10.8 Å². The minimum absolute atomic E-state index is 0.129. The van der Waals surface area contributed by atoms with Crippen LogP contribution in [0.1, 0.15) is 51.9 Å². The van der Waals surface area contributed by atoms with Gasteiger partial charge in [-0.2, -0.15) is 10.2 Å². The van der Waals surface area contributed by atoms with Crippen molar-refractivity contribution < 1.29 is 19.1 Å². The van der Waals surface area contributed by atoms with Crippen LogP contribution in [0.4, 0.5) is 0 Å². The number of ether oxygens (including phenoxy) is 2. The van der Waals surface area contributed by atoms with Crippen molar-refractivity contribution in [2.45, 2.75) is 26.5 Å². The van der Waals surface area contributed by atoms with Crippen LogP contribution in [0.2, 0.25) is 0 Å². The molecule has 0 saturated heterocycles. The van der Waals surface area contributed by atoms with Crippen LogP contribution < -0.4 is 15.7 Å². The molecule has 0 aliphatic carbocycles. The lowest BCUT2D eigenvalue weighted by molar-refractivity contribution is 0.0600. The van der Waals surface area contributed by atoms with Crippen molar-refractivity contribution in [3.63, 3.8) is 0 Å². The van der Waals surface area contributed by atoms with Crippen LogP contribution in [0.5, 0.6) is 5.75 Å². The Kier molecular flexibility index (Phi) is 7.73. The van der Waals surface area contributed by atoms with Gasteiger partial charge in [0.05, 0.1) is 30.3 Å². The van der Waals surface area contributed by atoms with Crippen molar-refractivity contribution in [2.24, 2.45) is 5.10 Å². The third kappa shape index (κ3) is 5.90. The van der Waals surface area contributed by atoms with E-state index in [-0.39, 0.29) is 23.3 Å². The number of esters is 1. The smallest absolute Gasteiger partial charge is 0.337 e. The third-order valence-electron chi connectivity index (χ3n) is 5.57. The van der Waals surface area contributed by atoms with E-state index >= 15 is 0 Å². The average Bonchev–Trinajstić information content (AvgIpc) is 2.92. The van der Waals surface area contributed by atoms with Gasteiger partial charge in [-0.3, -0.25) is 9.59 Å². The van der Waals surface area contributed by atoms with E-state index in [0.717, 1.165) is 11.1 Å². The highest BCUT2D eigenvalue weighted by atomic mass is 16.5. The summed E-state index contributed by atoms with van der Waals surface area (Å²) in [7, 11) is 1.34. The molecular formula is C28H26N4O5. The molecule has 0 aliphatic heterocycles. The van der Waals surface area contributed by atoms with Crippen LogP contribution in [0.15, 0.2) is 82.7 Å². The number of hydrazone groups is 1. The van der Waals surface area contributed by atoms with Gasteiger partial charge in [0, 0.05) is 5.39 Å². The summed E-state index contributed by atoms with van der Waals surface area (Å²) in [6, 6.07) is 20.9. The molecule has 0 bridgehead atoms. The molecule has 0 fully saturated rings. The number of rotatable bonds is 8. The Morgan fingerprint density at radius 1 is 1.00 bits per heavy atom. The fourth-order valence-corrected chi connectivity index (χ4v) is 3.61. The molecule has 4 aromatic rings. The standard InChI is InChI=1S/C28H26N4O5/c1-18(2)32-27(34)24-7-5-4-6-23(24)25(31-32)26(33)30-29-16-19-10-14-22(15-11-19)37-17-20-8-12-21(13-9-20)28(35)36-3/h4-16,18H,17H2,1-3H3,(H,30,33)/b29-16+. The molecule has 0 unspecified atom stereocenters. The first kappa shape index (κ1) is 25.3. The number of hydrogen-bond donors (Lipinski definition) is 1. The Labute approximate surface area is 213 Å². The fraction of sp³-hybridized carbons (Fsp3) is 0.179. The highest BCUT2D eigenvalue weighted by Gasteiger charge is 2.17. The highest BCUT2D eigenvalue weighted by Crippen LogP contribution is 2.16. The molecule has 1 N–H and O–H groups in total. The van der Waals surface area contributed by atoms with Crippen molar-refractivity contribution in [1.29, 1.82) is 0 Å². The molecule has 0 radical (unpaired) electrons. The summed E-state index contributed by atoms with van der Waals surface area (Å²) in [6.07, 6.45) is 1.51. The SMILES string of the molecule is COC(=O)c1ccc(COc2ccc(/C=N/NC(=O)c3nn(C(C)C)c(=O)c4ccccc34)cc2)cc1. The Hall–Kier alpha value is -4.79. The predicted molar refractivity (Wildman–Crippen MR) is 140 cm³/mol. The lowest BCUT2D eigenvalue weighted by Crippen LogP contribution is -2.30. The van der Waals surface area contributed by atoms with Crippen LogP contribution in [0, 0.1) is 0 Å². The minimum atomic E-state index is -0.514. The molecule has 37 heavy (non-hydrogen) atoms. The number of benzene rings is 3. The van der Waals surface area contributed by atoms with Crippen molar-refractivity contribution >= 4 is 28.9 Å². The van der Waals surface area contributed by atoms with Gasteiger partial charge in [-0.15, -0.1) is 0 Å². The predicted octanol–water partition coefficient (Wildman–Crippen LogP) is 4.11. The maximum atomic E-state index is 12.8. The number of hydrogen-bond acceptors (Lipinski definition) is 7. The van der Waals surface area contributed by atoms with Crippen LogP contribution in [0.3, 0.4) is 0 Å². The van der Waals surface area contributed by atoms with Crippen molar-refractivity contribution in [3.05, 3.63) is 106 Å². The van der Waals surface area contributed by atoms with Gasteiger partial charge in [-0.1, -0.05) is 30.3 Å². The first-order chi connectivity index (χ1) is 17.9. The maximum Gasteiger partial charge on any atom is 0.337 e. The largest absolute Gasteiger partial charge is 0.489 e. The van der Waals surface area contributed by atoms with E-state index in [1.165, 1.54) is 18.0 Å². The average molecular weight is 499 g/mol. The van der Waals surface area contributed by atoms with Crippen LogP contribution in [-0.2, 0) is 11.3 Å². The second kappa shape index (κ2) is 11.3. The Morgan fingerprint density at radius 2 is 1.68 bits per heavy atom. The second-order valence-electron chi connectivity index (χ2n) is 8.48. The van der Waals surface area contributed by atoms with Gasteiger partial charge in [0.15, 0.2) is 5.69 Å². The molecule has 9 nitrogen and oxygen atoms in total. The zero-order valence-electron chi connectivity index (χ0n) is 20.7. The normalized spacial score (nSPS) is 11.1.